The highest BCUT2D eigenvalue weighted by atomic mass is 16.6. The molecule has 10 nitrogen and oxygen atoms in total. The van der Waals surface area contributed by atoms with Crippen molar-refractivity contribution in [3.8, 4) is 0 Å². The number of imide groups is 1. The number of carbonyl (C=O) groups is 2. The molecule has 0 unspecified atom stereocenters. The summed E-state index contributed by atoms with van der Waals surface area (Å²) in [5, 5.41) is 20.6. The number of nitrogens with zero attached hydrogens (tertiary/aromatic N) is 2. The number of rotatable bonds is 11. The topological polar surface area (TPSA) is 132 Å². The Bertz CT molecular complexity index is 1360. The number of allylic oxidation sites excluding steroid dienone is 1. The maximum absolute atomic E-state index is 13.7. The zero-order valence-corrected chi connectivity index (χ0v) is 22.7. The fourth-order valence-corrected chi connectivity index (χ4v) is 6.45. The number of nitro groups is 1. The Hall–Kier alpha value is -3.60. The van der Waals surface area contributed by atoms with Gasteiger partial charge in [-0.1, -0.05) is 25.0 Å². The van der Waals surface area contributed by atoms with E-state index in [0.29, 0.717) is 37.6 Å². The molecule has 0 spiro atoms. The number of carbonyl (C=O) groups excluding carboxylic acids is 2. The molecule has 3 heterocycles. The molecule has 40 heavy (non-hydrogen) atoms. The van der Waals surface area contributed by atoms with Gasteiger partial charge in [-0.05, 0) is 61.1 Å². The number of aliphatic hydroxyl groups is 1. The molecule has 1 aliphatic carbocycles. The summed E-state index contributed by atoms with van der Waals surface area (Å²) in [6.45, 7) is 2.66. The molecule has 2 saturated heterocycles. The minimum absolute atomic E-state index is 0.146. The third-order valence-electron chi connectivity index (χ3n) is 8.11. The zero-order chi connectivity index (χ0) is 28.4. The molecule has 0 radical (unpaired) electrons. The van der Waals surface area contributed by atoms with E-state index < -0.39 is 16.8 Å². The second-order valence-electron chi connectivity index (χ2n) is 10.6. The van der Waals surface area contributed by atoms with E-state index in [1.165, 1.54) is 23.8 Å². The number of nitro benzene ring substituents is 1. The van der Waals surface area contributed by atoms with Crippen molar-refractivity contribution in [2.75, 3.05) is 25.2 Å². The van der Waals surface area contributed by atoms with Gasteiger partial charge in [-0.2, -0.15) is 0 Å². The second-order valence-corrected chi connectivity index (χ2v) is 10.6. The Kier molecular flexibility index (Phi) is 8.30. The average molecular weight is 551 g/mol. The van der Waals surface area contributed by atoms with Crippen molar-refractivity contribution in [3.05, 3.63) is 74.8 Å². The lowest BCUT2D eigenvalue weighted by Gasteiger charge is -2.31. The van der Waals surface area contributed by atoms with Crippen molar-refractivity contribution < 1.29 is 33.5 Å². The van der Waals surface area contributed by atoms with Gasteiger partial charge in [0.1, 0.15) is 18.1 Å². The van der Waals surface area contributed by atoms with Gasteiger partial charge in [0.05, 0.1) is 41.8 Å². The quantitative estimate of drug-likeness (QED) is 0.182. The molecule has 212 valence electrons. The fraction of sp³-hybridized carbons (Fsp3) is 0.467. The van der Waals surface area contributed by atoms with Crippen LogP contribution in [0, 0.1) is 27.9 Å². The molecule has 3 aliphatic rings. The minimum Gasteiger partial charge on any atom is -0.459 e. The summed E-state index contributed by atoms with van der Waals surface area (Å²) in [6.07, 6.45) is 5.57. The first-order valence-corrected chi connectivity index (χ1v) is 13.7. The standard InChI is InChI=1S/C30H34N2O8/c1-3-5-18(12-22-9-10-23(15-33)40-22)8-11-26-27-19(16-38-2)13-24-28(25(27)17-39-26)30(35)31(29(24)34)20-6-4-7-21(14-20)32(36)37/h4,6-7,9-10,12,14,24-26,28,33H,3,5,8,11,13,15-17H2,1-2H3/b18-12+/t24-,25+,26-,28-/m1/s1. The molecule has 2 amide bonds. The Labute approximate surface area is 232 Å². The smallest absolute Gasteiger partial charge is 0.271 e. The summed E-state index contributed by atoms with van der Waals surface area (Å²) < 4.78 is 17.5. The van der Waals surface area contributed by atoms with Crippen LogP contribution >= 0.6 is 0 Å². The third-order valence-corrected chi connectivity index (χ3v) is 8.11. The molecular formula is C30H34N2O8. The first-order valence-electron chi connectivity index (χ1n) is 13.7. The van der Waals surface area contributed by atoms with E-state index in [1.54, 1.807) is 19.2 Å². The largest absolute Gasteiger partial charge is 0.459 e. The van der Waals surface area contributed by atoms with Crippen LogP contribution in [0.4, 0.5) is 11.4 Å². The number of anilines is 1. The predicted molar refractivity (Wildman–Crippen MR) is 146 cm³/mol. The number of methoxy groups -OCH3 is 1. The number of hydrogen-bond acceptors (Lipinski definition) is 8. The molecule has 1 aromatic heterocycles. The van der Waals surface area contributed by atoms with Crippen molar-refractivity contribution in [3.63, 3.8) is 0 Å². The maximum Gasteiger partial charge on any atom is 0.271 e. The van der Waals surface area contributed by atoms with Crippen LogP contribution in [0.2, 0.25) is 0 Å². The molecule has 2 aliphatic heterocycles. The van der Waals surface area contributed by atoms with Gasteiger partial charge in [-0.25, -0.2) is 4.90 Å². The van der Waals surface area contributed by atoms with Crippen molar-refractivity contribution in [2.45, 2.75) is 51.7 Å². The molecular weight excluding hydrogens is 516 g/mol. The highest BCUT2D eigenvalue weighted by molar-refractivity contribution is 6.22. The summed E-state index contributed by atoms with van der Waals surface area (Å²) in [6, 6.07) is 9.26. The van der Waals surface area contributed by atoms with Crippen molar-refractivity contribution >= 4 is 29.3 Å². The number of fused-ring (bicyclic) bond motifs is 3. The molecule has 4 atom stereocenters. The SMILES string of the molecule is CCC/C(=C\c1ccc(CO)o1)CC[C@H]1OC[C@H]2C1=C(COC)C[C@H]1C(=O)N(c3cccc([N+](=O)[O-])c3)C(=O)[C@H]12. The molecule has 1 aromatic carbocycles. The summed E-state index contributed by atoms with van der Waals surface area (Å²) in [5.74, 6) is -0.812. The van der Waals surface area contributed by atoms with Gasteiger partial charge >= 0.3 is 0 Å². The minimum atomic E-state index is -0.571. The van der Waals surface area contributed by atoms with Gasteiger partial charge in [-0.15, -0.1) is 0 Å². The number of furan rings is 1. The normalized spacial score (nSPS) is 24.6. The van der Waals surface area contributed by atoms with Crippen LogP contribution in [0.15, 0.2) is 57.5 Å². The van der Waals surface area contributed by atoms with E-state index >= 15 is 0 Å². The molecule has 0 saturated carbocycles. The molecule has 10 heteroatoms. The highest BCUT2D eigenvalue weighted by Crippen LogP contribution is 2.50. The number of ether oxygens (including phenoxy) is 2. The number of aliphatic hydroxyl groups excluding tert-OH is 1. The lowest BCUT2D eigenvalue weighted by atomic mass is 9.69. The molecule has 2 aromatic rings. The first kappa shape index (κ1) is 27.9. The number of amides is 2. The van der Waals surface area contributed by atoms with Crippen LogP contribution < -0.4 is 4.90 Å². The molecule has 1 N–H and O–H groups in total. The van der Waals surface area contributed by atoms with E-state index in [1.807, 2.05) is 12.1 Å². The number of benzene rings is 1. The number of non-ortho nitro benzene ring substituents is 1. The number of hydrogen-bond donors (Lipinski definition) is 1. The Morgan fingerprint density at radius 2 is 2.02 bits per heavy atom. The van der Waals surface area contributed by atoms with Gasteiger partial charge in [0.15, 0.2) is 0 Å². The van der Waals surface area contributed by atoms with Gasteiger partial charge in [0.25, 0.3) is 5.69 Å². The van der Waals surface area contributed by atoms with Crippen LogP contribution in [0.3, 0.4) is 0 Å². The lowest BCUT2D eigenvalue weighted by molar-refractivity contribution is -0.384. The van der Waals surface area contributed by atoms with Crippen molar-refractivity contribution in [1.29, 1.82) is 0 Å². The molecule has 0 bridgehead atoms. The third kappa shape index (κ3) is 5.26. The van der Waals surface area contributed by atoms with E-state index in [4.69, 9.17) is 13.9 Å². The summed E-state index contributed by atoms with van der Waals surface area (Å²) >= 11 is 0. The fourth-order valence-electron chi connectivity index (χ4n) is 6.45. The Morgan fingerprint density at radius 3 is 2.73 bits per heavy atom. The Balaban J connectivity index is 1.38. The van der Waals surface area contributed by atoms with Crippen molar-refractivity contribution in [2.24, 2.45) is 17.8 Å². The van der Waals surface area contributed by atoms with Gasteiger partial charge in [0, 0.05) is 25.2 Å². The molecule has 2 fully saturated rings. The van der Waals surface area contributed by atoms with Gasteiger partial charge in [-0.3, -0.25) is 19.7 Å². The highest BCUT2D eigenvalue weighted by Gasteiger charge is 2.57. The maximum atomic E-state index is 13.7. The van der Waals surface area contributed by atoms with Crippen LogP contribution in [0.25, 0.3) is 6.08 Å². The second kappa shape index (κ2) is 11.9. The van der Waals surface area contributed by atoms with Crippen LogP contribution in [0.1, 0.15) is 50.5 Å². The average Bonchev–Trinajstić information content (AvgIpc) is 3.64. The summed E-state index contributed by atoms with van der Waals surface area (Å²) in [7, 11) is 1.61. The Morgan fingerprint density at radius 1 is 1.20 bits per heavy atom. The van der Waals surface area contributed by atoms with Crippen LogP contribution in [0.5, 0.6) is 0 Å². The van der Waals surface area contributed by atoms with Crippen LogP contribution in [-0.2, 0) is 25.7 Å². The van der Waals surface area contributed by atoms with E-state index in [-0.39, 0.29) is 41.8 Å². The predicted octanol–water partition coefficient (Wildman–Crippen LogP) is 4.81. The summed E-state index contributed by atoms with van der Waals surface area (Å²) in [4.78, 5) is 39.1. The van der Waals surface area contributed by atoms with E-state index in [0.717, 1.165) is 35.3 Å². The van der Waals surface area contributed by atoms with Crippen molar-refractivity contribution in [1.82, 2.24) is 0 Å². The molecule has 5 rings (SSSR count). The van der Waals surface area contributed by atoms with Crippen LogP contribution in [-0.4, -0.2) is 48.3 Å². The first-order chi connectivity index (χ1) is 19.4. The van der Waals surface area contributed by atoms with Gasteiger partial charge in [0.2, 0.25) is 11.8 Å². The zero-order valence-electron chi connectivity index (χ0n) is 22.7. The lowest BCUT2D eigenvalue weighted by Crippen LogP contribution is -2.35. The monoisotopic (exact) mass is 550 g/mol. The van der Waals surface area contributed by atoms with Gasteiger partial charge < -0.3 is 19.0 Å². The van der Waals surface area contributed by atoms with E-state index in [2.05, 4.69) is 6.92 Å². The summed E-state index contributed by atoms with van der Waals surface area (Å²) in [5.41, 5.74) is 3.31. The van der Waals surface area contributed by atoms with E-state index in [9.17, 15) is 24.8 Å².